The molecular formula is C18H29N3O2. The van der Waals surface area contributed by atoms with Crippen molar-refractivity contribution in [2.24, 2.45) is 0 Å². The molecule has 0 aromatic carbocycles. The zero-order valence-corrected chi connectivity index (χ0v) is 14.9. The van der Waals surface area contributed by atoms with Crippen LogP contribution in [0.2, 0.25) is 0 Å². The summed E-state index contributed by atoms with van der Waals surface area (Å²) in [6.07, 6.45) is 4.47. The first-order chi connectivity index (χ1) is 10.8. The third-order valence-electron chi connectivity index (χ3n) is 4.10. The predicted octanol–water partition coefficient (Wildman–Crippen LogP) is 4.05. The van der Waals surface area contributed by atoms with Gasteiger partial charge in [0.25, 0.3) is 0 Å². The minimum absolute atomic E-state index is 0.0277. The highest BCUT2D eigenvalue weighted by Gasteiger charge is 2.31. The molecule has 2 rings (SSSR count). The lowest BCUT2D eigenvalue weighted by Gasteiger charge is -2.32. The third-order valence-corrected chi connectivity index (χ3v) is 4.10. The molecule has 0 radical (unpaired) electrons. The molecule has 0 aliphatic carbocycles. The Kier molecular flexibility index (Phi) is 5.63. The zero-order chi connectivity index (χ0) is 17.0. The molecule has 1 amide bonds. The van der Waals surface area contributed by atoms with E-state index in [-0.39, 0.29) is 18.2 Å². The molecule has 0 unspecified atom stereocenters. The highest BCUT2D eigenvalue weighted by Crippen LogP contribution is 2.32. The highest BCUT2D eigenvalue weighted by atomic mass is 16.6. The number of hydrogen-bond acceptors (Lipinski definition) is 4. The van der Waals surface area contributed by atoms with E-state index in [1.54, 1.807) is 11.1 Å². The van der Waals surface area contributed by atoms with Gasteiger partial charge in [-0.1, -0.05) is 13.0 Å². The second kappa shape index (κ2) is 7.30. The molecule has 2 heterocycles. The number of nitrogens with zero attached hydrogens (tertiary/aromatic N) is 2. The molecule has 1 aliphatic heterocycles. The molecule has 0 saturated carbocycles. The lowest BCUT2D eigenvalue weighted by molar-refractivity contribution is 0.0565. The van der Waals surface area contributed by atoms with Crippen LogP contribution >= 0.6 is 0 Å². The van der Waals surface area contributed by atoms with Crippen molar-refractivity contribution in [3.05, 3.63) is 23.9 Å². The first-order valence-electron chi connectivity index (χ1n) is 8.54. The molecule has 1 fully saturated rings. The van der Waals surface area contributed by atoms with Gasteiger partial charge in [0.15, 0.2) is 0 Å². The fourth-order valence-corrected chi connectivity index (χ4v) is 2.80. The largest absolute Gasteiger partial charge is 0.443 e. The lowest BCUT2D eigenvalue weighted by Crippen LogP contribution is -2.43. The average Bonchev–Trinajstić information content (AvgIpc) is 3.00. The summed E-state index contributed by atoms with van der Waals surface area (Å²) >= 11 is 0. The smallest absolute Gasteiger partial charge is 0.416 e. The Morgan fingerprint density at radius 3 is 2.83 bits per heavy atom. The highest BCUT2D eigenvalue weighted by molar-refractivity contribution is 5.88. The van der Waals surface area contributed by atoms with Crippen LogP contribution in [0.25, 0.3) is 0 Å². The van der Waals surface area contributed by atoms with Crippen molar-refractivity contribution >= 4 is 11.9 Å². The molecule has 0 spiro atoms. The van der Waals surface area contributed by atoms with Crippen LogP contribution in [0.3, 0.4) is 0 Å². The van der Waals surface area contributed by atoms with Gasteiger partial charge >= 0.3 is 6.09 Å². The van der Waals surface area contributed by atoms with E-state index in [4.69, 9.17) is 4.74 Å². The van der Waals surface area contributed by atoms with Crippen molar-refractivity contribution in [1.29, 1.82) is 0 Å². The van der Waals surface area contributed by atoms with E-state index in [9.17, 15) is 4.79 Å². The summed E-state index contributed by atoms with van der Waals surface area (Å²) in [6, 6.07) is 4.28. The van der Waals surface area contributed by atoms with Crippen molar-refractivity contribution < 1.29 is 9.53 Å². The Balaban J connectivity index is 2.37. The monoisotopic (exact) mass is 319 g/mol. The van der Waals surface area contributed by atoms with Gasteiger partial charge in [-0.3, -0.25) is 4.90 Å². The van der Waals surface area contributed by atoms with Crippen LogP contribution in [0.5, 0.6) is 0 Å². The topological polar surface area (TPSA) is 54.5 Å². The van der Waals surface area contributed by atoms with E-state index in [1.807, 2.05) is 33.8 Å². The second-order valence-electron chi connectivity index (χ2n) is 7.17. The average molecular weight is 319 g/mol. The van der Waals surface area contributed by atoms with Crippen LogP contribution < -0.4 is 10.2 Å². The molecule has 23 heavy (non-hydrogen) atoms. The Hall–Kier alpha value is -1.62. The number of rotatable bonds is 4. The molecule has 1 N–H and O–H groups in total. The number of ether oxygens (including phenoxy) is 1. The van der Waals surface area contributed by atoms with Crippen LogP contribution in [-0.2, 0) is 4.74 Å². The van der Waals surface area contributed by atoms with Crippen LogP contribution in [0.1, 0.15) is 65.5 Å². The van der Waals surface area contributed by atoms with Gasteiger partial charge in [0.05, 0.1) is 0 Å². The summed E-state index contributed by atoms with van der Waals surface area (Å²) in [5.74, 6) is 0.718. The summed E-state index contributed by atoms with van der Waals surface area (Å²) < 4.78 is 5.62. The summed E-state index contributed by atoms with van der Waals surface area (Å²) in [5.41, 5.74) is 0.555. The summed E-state index contributed by atoms with van der Waals surface area (Å²) in [5, 5.41) is 3.49. The minimum atomic E-state index is -0.524. The molecule has 1 saturated heterocycles. The molecule has 128 valence electrons. The van der Waals surface area contributed by atoms with Gasteiger partial charge in [-0.2, -0.15) is 0 Å². The van der Waals surface area contributed by atoms with Crippen molar-refractivity contribution in [3.8, 4) is 0 Å². The summed E-state index contributed by atoms with van der Waals surface area (Å²) in [6.45, 7) is 10.8. The SMILES string of the molecule is CC[C@@H](C)N(C(=O)OC(C)(C)C)c1ncccc1[C@H]1CCCN1. The third kappa shape index (κ3) is 4.44. The lowest BCUT2D eigenvalue weighted by atomic mass is 10.0. The van der Waals surface area contributed by atoms with Gasteiger partial charge in [0.2, 0.25) is 0 Å². The van der Waals surface area contributed by atoms with Gasteiger partial charge in [-0.15, -0.1) is 0 Å². The Bertz CT molecular complexity index is 533. The van der Waals surface area contributed by atoms with Gasteiger partial charge in [-0.25, -0.2) is 9.78 Å². The standard InChI is InChI=1S/C18H29N3O2/c1-6-13(2)21(17(22)23-18(3,4)5)16-14(9-7-12-20-16)15-10-8-11-19-15/h7,9,12-13,15,19H,6,8,10-11H2,1-5H3/t13-,15-/m1/s1. The van der Waals surface area contributed by atoms with Crippen LogP contribution in [0.4, 0.5) is 10.6 Å². The van der Waals surface area contributed by atoms with Gasteiger partial charge in [0.1, 0.15) is 11.4 Å². The Morgan fingerprint density at radius 2 is 2.26 bits per heavy atom. The van der Waals surface area contributed by atoms with E-state index < -0.39 is 5.60 Å². The van der Waals surface area contributed by atoms with Crippen LogP contribution in [-0.4, -0.2) is 29.3 Å². The number of anilines is 1. The number of aromatic nitrogens is 1. The fourth-order valence-electron chi connectivity index (χ4n) is 2.80. The van der Waals surface area contributed by atoms with E-state index in [2.05, 4.69) is 23.3 Å². The maximum Gasteiger partial charge on any atom is 0.416 e. The maximum atomic E-state index is 12.8. The maximum absolute atomic E-state index is 12.8. The Morgan fingerprint density at radius 1 is 1.52 bits per heavy atom. The number of carbonyl (C=O) groups excluding carboxylic acids is 1. The van der Waals surface area contributed by atoms with E-state index >= 15 is 0 Å². The predicted molar refractivity (Wildman–Crippen MR) is 92.7 cm³/mol. The molecule has 1 aliphatic rings. The van der Waals surface area contributed by atoms with Crippen LogP contribution in [0, 0.1) is 0 Å². The van der Waals surface area contributed by atoms with Crippen molar-refractivity contribution in [2.75, 3.05) is 11.4 Å². The number of amides is 1. The molecular weight excluding hydrogens is 290 g/mol. The summed E-state index contributed by atoms with van der Waals surface area (Å²) in [7, 11) is 0. The normalized spacial score (nSPS) is 19.4. The molecule has 1 aromatic rings. The zero-order valence-electron chi connectivity index (χ0n) is 14.9. The summed E-state index contributed by atoms with van der Waals surface area (Å²) in [4.78, 5) is 19.0. The van der Waals surface area contributed by atoms with E-state index in [1.165, 1.54) is 0 Å². The second-order valence-corrected chi connectivity index (χ2v) is 7.17. The molecule has 0 bridgehead atoms. The number of hydrogen-bond donors (Lipinski definition) is 1. The van der Waals surface area contributed by atoms with Crippen molar-refractivity contribution in [3.63, 3.8) is 0 Å². The molecule has 2 atom stereocenters. The quantitative estimate of drug-likeness (QED) is 0.910. The van der Waals surface area contributed by atoms with Gasteiger partial charge in [-0.05, 0) is 59.6 Å². The van der Waals surface area contributed by atoms with Crippen molar-refractivity contribution in [2.45, 2.75) is 71.6 Å². The fraction of sp³-hybridized carbons (Fsp3) is 0.667. The number of nitrogens with one attached hydrogen (secondary N) is 1. The van der Waals surface area contributed by atoms with Crippen LogP contribution in [0.15, 0.2) is 18.3 Å². The Labute approximate surface area is 139 Å². The van der Waals surface area contributed by atoms with Crippen molar-refractivity contribution in [1.82, 2.24) is 10.3 Å². The van der Waals surface area contributed by atoms with E-state index in [0.29, 0.717) is 0 Å². The molecule has 5 heteroatoms. The first kappa shape index (κ1) is 17.7. The first-order valence-corrected chi connectivity index (χ1v) is 8.54. The van der Waals surface area contributed by atoms with Gasteiger partial charge < -0.3 is 10.1 Å². The molecule has 1 aromatic heterocycles. The van der Waals surface area contributed by atoms with E-state index in [0.717, 1.165) is 37.2 Å². The van der Waals surface area contributed by atoms with Gasteiger partial charge in [0, 0.05) is 23.8 Å². The minimum Gasteiger partial charge on any atom is -0.443 e. The number of carbonyl (C=O) groups is 1. The molecule has 5 nitrogen and oxygen atoms in total. The number of pyridine rings is 1.